The second kappa shape index (κ2) is 12.8. The highest BCUT2D eigenvalue weighted by Gasteiger charge is 2.05. The molecule has 1 rings (SSSR count). The molecule has 0 aliphatic rings. The summed E-state index contributed by atoms with van der Waals surface area (Å²) in [5.74, 6) is 0. The smallest absolute Gasteiger partial charge is 0.150 e. The lowest BCUT2D eigenvalue weighted by atomic mass is 9.96. The summed E-state index contributed by atoms with van der Waals surface area (Å²) in [6.07, 6.45) is 6.89. The Bertz CT molecular complexity index is 417. The Balaban J connectivity index is 0. The van der Waals surface area contributed by atoms with Gasteiger partial charge in [-0.15, -0.1) is 0 Å². The van der Waals surface area contributed by atoms with Crippen molar-refractivity contribution < 1.29 is 4.79 Å². The van der Waals surface area contributed by atoms with Crippen LogP contribution in [0.15, 0.2) is 36.4 Å². The van der Waals surface area contributed by atoms with E-state index < -0.39 is 0 Å². The first-order chi connectivity index (χ1) is 9.20. The zero-order valence-corrected chi connectivity index (χ0v) is 13.0. The average molecular weight is 261 g/mol. The van der Waals surface area contributed by atoms with E-state index in [1.54, 1.807) is 0 Å². The summed E-state index contributed by atoms with van der Waals surface area (Å²) in [4.78, 5) is 10.9. The molecule has 0 atom stereocenters. The van der Waals surface area contributed by atoms with Gasteiger partial charge in [0.2, 0.25) is 0 Å². The molecular formula is C17H27NO. The monoisotopic (exact) mass is 261 g/mol. The summed E-state index contributed by atoms with van der Waals surface area (Å²) < 4.78 is 0. The lowest BCUT2D eigenvalue weighted by Gasteiger charge is -2.08. The van der Waals surface area contributed by atoms with Gasteiger partial charge in [0, 0.05) is 5.56 Å². The number of hydrogen-bond acceptors (Lipinski definition) is 2. The predicted molar refractivity (Wildman–Crippen MR) is 86.5 cm³/mol. The molecule has 0 saturated carbocycles. The molecule has 0 unspecified atom stereocenters. The van der Waals surface area contributed by atoms with Gasteiger partial charge >= 0.3 is 0 Å². The third-order valence-electron chi connectivity index (χ3n) is 2.37. The van der Waals surface area contributed by atoms with Gasteiger partial charge in [0.15, 0.2) is 6.29 Å². The van der Waals surface area contributed by atoms with E-state index in [2.05, 4.69) is 5.73 Å². The summed E-state index contributed by atoms with van der Waals surface area (Å²) in [7, 11) is 1.50. The van der Waals surface area contributed by atoms with Gasteiger partial charge in [-0.2, -0.15) is 0 Å². The summed E-state index contributed by atoms with van der Waals surface area (Å²) in [5, 5.41) is 0. The zero-order valence-electron chi connectivity index (χ0n) is 13.0. The van der Waals surface area contributed by atoms with Crippen molar-refractivity contribution >= 4 is 11.9 Å². The van der Waals surface area contributed by atoms with Crippen LogP contribution in [0.5, 0.6) is 0 Å². The van der Waals surface area contributed by atoms with Crippen molar-refractivity contribution in [1.82, 2.24) is 0 Å². The van der Waals surface area contributed by atoms with Crippen molar-refractivity contribution in [2.24, 2.45) is 5.73 Å². The number of hydrogen-bond donors (Lipinski definition) is 1. The van der Waals surface area contributed by atoms with Gasteiger partial charge in [-0.25, -0.2) is 0 Å². The maximum absolute atomic E-state index is 10.9. The molecule has 0 spiro atoms. The van der Waals surface area contributed by atoms with Crippen LogP contribution in [0.4, 0.5) is 0 Å². The fourth-order valence-electron chi connectivity index (χ4n) is 1.65. The number of benzene rings is 1. The normalized spacial score (nSPS) is 10.2. The standard InChI is InChI=1S/C14H16O.C2H6.CH5N/c1-4-5-7-11(2)14-12(3)8-6-9-13(14)10-15;2*1-2/h4-10H,1-3H3;1-2H3;2H2,1H3/b5-4-,11-7-;;. The van der Waals surface area contributed by atoms with E-state index in [4.69, 9.17) is 0 Å². The Morgan fingerprint density at radius 2 is 1.79 bits per heavy atom. The highest BCUT2D eigenvalue weighted by atomic mass is 16.1. The number of carbonyl (C=O) groups is 1. The highest BCUT2D eigenvalue weighted by molar-refractivity contribution is 5.86. The molecular weight excluding hydrogens is 234 g/mol. The molecule has 106 valence electrons. The summed E-state index contributed by atoms with van der Waals surface area (Å²) >= 11 is 0. The fraction of sp³-hybridized carbons (Fsp3) is 0.353. The van der Waals surface area contributed by atoms with Crippen LogP contribution in [0.2, 0.25) is 0 Å². The molecule has 0 heterocycles. The van der Waals surface area contributed by atoms with Crippen LogP contribution < -0.4 is 5.73 Å². The Morgan fingerprint density at radius 3 is 2.26 bits per heavy atom. The predicted octanol–water partition coefficient (Wildman–Crippen LogP) is 4.39. The summed E-state index contributed by atoms with van der Waals surface area (Å²) in [6, 6.07) is 5.78. The van der Waals surface area contributed by atoms with E-state index in [0.717, 1.165) is 28.5 Å². The van der Waals surface area contributed by atoms with Gasteiger partial charge in [-0.1, -0.05) is 50.3 Å². The van der Waals surface area contributed by atoms with Gasteiger partial charge in [-0.3, -0.25) is 4.79 Å². The molecule has 0 amide bonds. The average Bonchev–Trinajstić information content (AvgIpc) is 2.48. The van der Waals surface area contributed by atoms with Crippen LogP contribution >= 0.6 is 0 Å². The molecule has 1 aromatic carbocycles. The maximum atomic E-state index is 10.9. The van der Waals surface area contributed by atoms with Crippen LogP contribution in [-0.2, 0) is 0 Å². The number of aldehydes is 1. The van der Waals surface area contributed by atoms with Crippen molar-refractivity contribution in [3.63, 3.8) is 0 Å². The molecule has 2 heteroatoms. The van der Waals surface area contributed by atoms with Gasteiger partial charge in [-0.05, 0) is 44.5 Å². The Hall–Kier alpha value is -1.67. The molecule has 0 aliphatic carbocycles. The van der Waals surface area contributed by atoms with Gasteiger partial charge in [0.25, 0.3) is 0 Å². The first-order valence-electron chi connectivity index (χ1n) is 6.63. The van der Waals surface area contributed by atoms with Crippen LogP contribution in [0.25, 0.3) is 5.57 Å². The molecule has 19 heavy (non-hydrogen) atoms. The first kappa shape index (κ1) is 19.7. The highest BCUT2D eigenvalue weighted by Crippen LogP contribution is 2.21. The van der Waals surface area contributed by atoms with E-state index in [0.29, 0.717) is 0 Å². The molecule has 0 aliphatic heterocycles. The lowest BCUT2D eigenvalue weighted by molar-refractivity contribution is 0.112. The fourth-order valence-corrected chi connectivity index (χ4v) is 1.65. The van der Waals surface area contributed by atoms with Crippen molar-refractivity contribution in [1.29, 1.82) is 0 Å². The first-order valence-corrected chi connectivity index (χ1v) is 6.63. The SMILES string of the molecule is C/C=C\C=C(\C)c1c(C)cccc1C=O.CC.CN. The second-order valence-electron chi connectivity index (χ2n) is 3.53. The number of nitrogens with two attached hydrogens (primary N) is 1. The van der Waals surface area contributed by atoms with Crippen LogP contribution in [0.3, 0.4) is 0 Å². The van der Waals surface area contributed by atoms with Crippen LogP contribution in [0, 0.1) is 6.92 Å². The Kier molecular flexibility index (Phi) is 13.2. The van der Waals surface area contributed by atoms with Crippen LogP contribution in [-0.4, -0.2) is 13.3 Å². The van der Waals surface area contributed by atoms with E-state index >= 15 is 0 Å². The van der Waals surface area contributed by atoms with Crippen molar-refractivity contribution in [2.45, 2.75) is 34.6 Å². The molecule has 1 aromatic rings. The van der Waals surface area contributed by atoms with Gasteiger partial charge < -0.3 is 5.73 Å². The minimum absolute atomic E-state index is 0.758. The van der Waals surface area contributed by atoms with Crippen molar-refractivity contribution in [2.75, 3.05) is 7.05 Å². The minimum atomic E-state index is 0.758. The topological polar surface area (TPSA) is 43.1 Å². The third kappa shape index (κ3) is 6.73. The minimum Gasteiger partial charge on any atom is -0.333 e. The number of allylic oxidation sites excluding steroid dienone is 4. The van der Waals surface area contributed by atoms with E-state index in [1.165, 1.54) is 7.05 Å². The lowest BCUT2D eigenvalue weighted by Crippen LogP contribution is -1.93. The molecule has 0 saturated heterocycles. The summed E-state index contributed by atoms with van der Waals surface area (Å²) in [6.45, 7) is 10.0. The quantitative estimate of drug-likeness (QED) is 0.648. The van der Waals surface area contributed by atoms with E-state index in [-0.39, 0.29) is 0 Å². The molecule has 2 nitrogen and oxygen atoms in total. The van der Waals surface area contributed by atoms with Crippen LogP contribution in [0.1, 0.15) is 49.2 Å². The van der Waals surface area contributed by atoms with E-state index in [1.807, 2.05) is 71.0 Å². The molecule has 0 bridgehead atoms. The van der Waals surface area contributed by atoms with Gasteiger partial charge in [0.05, 0.1) is 0 Å². The molecule has 2 N–H and O–H groups in total. The van der Waals surface area contributed by atoms with Crippen molar-refractivity contribution in [3.8, 4) is 0 Å². The molecule has 0 aromatic heterocycles. The van der Waals surface area contributed by atoms with Crippen molar-refractivity contribution in [3.05, 3.63) is 53.1 Å². The van der Waals surface area contributed by atoms with E-state index in [9.17, 15) is 4.79 Å². The largest absolute Gasteiger partial charge is 0.333 e. The summed E-state index contributed by atoms with van der Waals surface area (Å²) in [5.41, 5.74) is 8.56. The molecule has 0 fully saturated rings. The number of carbonyl (C=O) groups excluding carboxylic acids is 1. The maximum Gasteiger partial charge on any atom is 0.150 e. The number of aryl methyl sites for hydroxylation is 1. The third-order valence-corrected chi connectivity index (χ3v) is 2.37. The molecule has 0 radical (unpaired) electrons. The van der Waals surface area contributed by atoms with Gasteiger partial charge in [0.1, 0.15) is 0 Å². The number of rotatable bonds is 3. The zero-order chi connectivity index (χ0) is 15.3. The second-order valence-corrected chi connectivity index (χ2v) is 3.53. The Labute approximate surface area is 118 Å². The Morgan fingerprint density at radius 1 is 1.21 bits per heavy atom.